The molecule has 3 rings (SSSR count). The van der Waals surface area contributed by atoms with Crippen LogP contribution in [0, 0.1) is 6.92 Å². The molecule has 0 aliphatic carbocycles. The lowest BCUT2D eigenvalue weighted by molar-refractivity contribution is -0.118. The van der Waals surface area contributed by atoms with Crippen molar-refractivity contribution in [2.24, 2.45) is 0 Å². The van der Waals surface area contributed by atoms with Crippen molar-refractivity contribution in [3.8, 4) is 17.1 Å². The average molecular weight is 399 g/mol. The Morgan fingerprint density at radius 3 is 2.56 bits per heavy atom. The first-order valence-corrected chi connectivity index (χ1v) is 9.73. The number of hydrogen-bond donors (Lipinski definition) is 1. The van der Waals surface area contributed by atoms with Crippen LogP contribution in [0.2, 0.25) is 5.02 Å². The number of benzene rings is 2. The normalized spacial score (nSPS) is 10.6. The van der Waals surface area contributed by atoms with Gasteiger partial charge < -0.3 is 5.32 Å². The molecule has 1 aromatic heterocycles. The lowest BCUT2D eigenvalue weighted by Crippen LogP contribution is -2.25. The van der Waals surface area contributed by atoms with Gasteiger partial charge in [-0.2, -0.15) is 0 Å². The van der Waals surface area contributed by atoms with Crippen LogP contribution in [0.1, 0.15) is 5.56 Å². The topological polar surface area (TPSA) is 59.8 Å². The van der Waals surface area contributed by atoms with Gasteiger partial charge in [0.2, 0.25) is 5.91 Å². The fourth-order valence-electron chi connectivity index (χ4n) is 2.44. The number of carbonyl (C=O) groups excluding carboxylic acids is 1. The maximum atomic E-state index is 11.9. The van der Waals surface area contributed by atoms with Gasteiger partial charge in [0, 0.05) is 22.8 Å². The van der Waals surface area contributed by atoms with Crippen LogP contribution in [0.5, 0.6) is 0 Å². The Bertz CT molecular complexity index is 936. The number of amides is 1. The summed E-state index contributed by atoms with van der Waals surface area (Å²) in [5.74, 6) is 0.870. The minimum atomic E-state index is -0.0774. The molecule has 0 unspecified atom stereocenters. The summed E-state index contributed by atoms with van der Waals surface area (Å²) in [6.07, 6.45) is 1.65. The number of thioether (sulfide) groups is 1. The van der Waals surface area contributed by atoms with E-state index in [2.05, 4.69) is 22.1 Å². The first-order chi connectivity index (χ1) is 13.1. The second kappa shape index (κ2) is 8.88. The molecule has 1 heterocycles. The summed E-state index contributed by atoms with van der Waals surface area (Å²) in [6, 6.07) is 15.5. The zero-order valence-electron chi connectivity index (χ0n) is 14.9. The van der Waals surface area contributed by atoms with Gasteiger partial charge in [-0.05, 0) is 43.3 Å². The molecule has 2 aromatic carbocycles. The summed E-state index contributed by atoms with van der Waals surface area (Å²) in [7, 11) is 0. The quantitative estimate of drug-likeness (QED) is 0.476. The maximum Gasteiger partial charge on any atom is 0.230 e. The Hall–Kier alpha value is -2.57. The molecule has 0 radical (unpaired) electrons. The van der Waals surface area contributed by atoms with Crippen molar-refractivity contribution in [1.29, 1.82) is 0 Å². The fourth-order valence-corrected chi connectivity index (χ4v) is 3.35. The summed E-state index contributed by atoms with van der Waals surface area (Å²) < 4.78 is 1.95. The molecule has 7 heteroatoms. The Labute approximate surface area is 167 Å². The molecule has 0 fully saturated rings. The van der Waals surface area contributed by atoms with Gasteiger partial charge >= 0.3 is 0 Å². The summed E-state index contributed by atoms with van der Waals surface area (Å²) in [4.78, 5) is 11.9. The first-order valence-electron chi connectivity index (χ1n) is 8.37. The molecule has 5 nitrogen and oxygen atoms in total. The maximum absolute atomic E-state index is 11.9. The standard InChI is InChI=1S/C20H19ClN4OS/c1-3-12-22-18(26)13-27-20-24-23-19(15-6-8-16(21)9-7-15)25(20)17-10-4-14(2)5-11-17/h3-11H,1,12-13H2,2H3,(H,22,26). The van der Waals surface area contributed by atoms with Gasteiger partial charge in [-0.15, -0.1) is 16.8 Å². The summed E-state index contributed by atoms with van der Waals surface area (Å²) in [5, 5.41) is 12.7. The fraction of sp³-hybridized carbons (Fsp3) is 0.150. The van der Waals surface area contributed by atoms with Crippen LogP contribution in [0.4, 0.5) is 0 Å². The van der Waals surface area contributed by atoms with Crippen molar-refractivity contribution in [3.05, 3.63) is 71.8 Å². The van der Waals surface area contributed by atoms with Crippen molar-refractivity contribution in [3.63, 3.8) is 0 Å². The number of hydrogen-bond acceptors (Lipinski definition) is 4. The van der Waals surface area contributed by atoms with Crippen molar-refractivity contribution >= 4 is 29.3 Å². The van der Waals surface area contributed by atoms with Crippen LogP contribution in [0.15, 0.2) is 66.3 Å². The lowest BCUT2D eigenvalue weighted by atomic mass is 10.2. The molecular formula is C20H19ClN4OS. The number of nitrogens with zero attached hydrogens (tertiary/aromatic N) is 3. The van der Waals surface area contributed by atoms with Gasteiger partial charge in [0.25, 0.3) is 0 Å². The van der Waals surface area contributed by atoms with Crippen LogP contribution in [-0.2, 0) is 4.79 Å². The largest absolute Gasteiger partial charge is 0.352 e. The van der Waals surface area contributed by atoms with Gasteiger partial charge in [-0.3, -0.25) is 9.36 Å². The van der Waals surface area contributed by atoms with E-state index in [0.29, 0.717) is 22.5 Å². The smallest absolute Gasteiger partial charge is 0.230 e. The third kappa shape index (κ3) is 4.78. The highest BCUT2D eigenvalue weighted by molar-refractivity contribution is 7.99. The number of aryl methyl sites for hydroxylation is 1. The van der Waals surface area contributed by atoms with Gasteiger partial charge in [-0.25, -0.2) is 0 Å². The Morgan fingerprint density at radius 2 is 1.89 bits per heavy atom. The SMILES string of the molecule is C=CCNC(=O)CSc1nnc(-c2ccc(Cl)cc2)n1-c1ccc(C)cc1. The van der Waals surface area contributed by atoms with Crippen molar-refractivity contribution in [2.45, 2.75) is 12.1 Å². The van der Waals surface area contributed by atoms with Gasteiger partial charge in [0.15, 0.2) is 11.0 Å². The van der Waals surface area contributed by atoms with E-state index in [0.717, 1.165) is 16.8 Å². The number of carbonyl (C=O) groups is 1. The zero-order valence-corrected chi connectivity index (χ0v) is 16.4. The number of aromatic nitrogens is 3. The predicted octanol–water partition coefficient (Wildman–Crippen LogP) is 4.29. The Kier molecular flexibility index (Phi) is 6.32. The molecule has 0 aliphatic heterocycles. The second-order valence-electron chi connectivity index (χ2n) is 5.87. The zero-order chi connectivity index (χ0) is 19.2. The van der Waals surface area contributed by atoms with Crippen LogP contribution in [0.25, 0.3) is 17.1 Å². The third-order valence-electron chi connectivity index (χ3n) is 3.80. The molecule has 0 bridgehead atoms. The molecule has 1 N–H and O–H groups in total. The van der Waals surface area contributed by atoms with E-state index in [1.807, 2.05) is 60.0 Å². The highest BCUT2D eigenvalue weighted by atomic mass is 35.5. The van der Waals surface area contributed by atoms with Crippen LogP contribution < -0.4 is 5.32 Å². The van der Waals surface area contributed by atoms with E-state index < -0.39 is 0 Å². The molecule has 3 aromatic rings. The highest BCUT2D eigenvalue weighted by Crippen LogP contribution is 2.28. The minimum absolute atomic E-state index is 0.0774. The van der Waals surface area contributed by atoms with E-state index in [4.69, 9.17) is 11.6 Å². The number of rotatable bonds is 7. The second-order valence-corrected chi connectivity index (χ2v) is 7.24. The highest BCUT2D eigenvalue weighted by Gasteiger charge is 2.17. The average Bonchev–Trinajstić information content (AvgIpc) is 3.10. The van der Waals surface area contributed by atoms with E-state index in [1.165, 1.54) is 11.8 Å². The summed E-state index contributed by atoms with van der Waals surface area (Å²) in [5.41, 5.74) is 3.00. The Morgan fingerprint density at radius 1 is 1.19 bits per heavy atom. The monoisotopic (exact) mass is 398 g/mol. The summed E-state index contributed by atoms with van der Waals surface area (Å²) in [6.45, 7) is 6.08. The predicted molar refractivity (Wildman–Crippen MR) is 110 cm³/mol. The molecule has 0 saturated heterocycles. The van der Waals surface area contributed by atoms with E-state index in [1.54, 1.807) is 6.08 Å². The van der Waals surface area contributed by atoms with Crippen LogP contribution >= 0.6 is 23.4 Å². The minimum Gasteiger partial charge on any atom is -0.352 e. The molecule has 0 spiro atoms. The molecule has 138 valence electrons. The van der Waals surface area contributed by atoms with Gasteiger partial charge in [0.05, 0.1) is 5.75 Å². The van der Waals surface area contributed by atoms with E-state index >= 15 is 0 Å². The Balaban J connectivity index is 1.95. The van der Waals surface area contributed by atoms with Gasteiger partial charge in [0.1, 0.15) is 0 Å². The molecule has 0 saturated carbocycles. The van der Waals surface area contributed by atoms with E-state index in [9.17, 15) is 4.79 Å². The molecule has 0 aliphatic rings. The number of nitrogens with one attached hydrogen (secondary N) is 1. The van der Waals surface area contributed by atoms with Crippen molar-refractivity contribution in [1.82, 2.24) is 20.1 Å². The van der Waals surface area contributed by atoms with Gasteiger partial charge in [-0.1, -0.05) is 47.1 Å². The van der Waals surface area contributed by atoms with Crippen LogP contribution in [0.3, 0.4) is 0 Å². The molecule has 1 amide bonds. The lowest BCUT2D eigenvalue weighted by Gasteiger charge is -2.11. The molecular weight excluding hydrogens is 380 g/mol. The van der Waals surface area contributed by atoms with E-state index in [-0.39, 0.29) is 11.7 Å². The van der Waals surface area contributed by atoms with Crippen LogP contribution in [-0.4, -0.2) is 33.0 Å². The molecule has 27 heavy (non-hydrogen) atoms. The summed E-state index contributed by atoms with van der Waals surface area (Å²) >= 11 is 7.35. The van der Waals surface area contributed by atoms with Crippen molar-refractivity contribution < 1.29 is 4.79 Å². The third-order valence-corrected chi connectivity index (χ3v) is 4.98. The first kappa shape index (κ1) is 19.2. The molecule has 0 atom stereocenters. The number of halogens is 1. The van der Waals surface area contributed by atoms with Crippen molar-refractivity contribution in [2.75, 3.05) is 12.3 Å².